The first-order valence-electron chi connectivity index (χ1n) is 4.25. The van der Waals surface area contributed by atoms with Crippen LogP contribution in [0.2, 0.25) is 19.1 Å². The fraction of sp³-hybridized carbons (Fsp3) is 1.00. The molecule has 0 nitrogen and oxygen atoms in total. The highest BCUT2D eigenvalue weighted by Crippen LogP contribution is 2.20. The molecule has 0 bridgehead atoms. The molecule has 0 aromatic heterocycles. The van der Waals surface area contributed by atoms with E-state index in [0.717, 1.165) is 0 Å². The van der Waals surface area contributed by atoms with Gasteiger partial charge in [-0.25, -0.2) is 0 Å². The van der Waals surface area contributed by atoms with E-state index in [4.69, 9.17) is 0 Å². The Morgan fingerprint density at radius 3 is 2.10 bits per heavy atom. The van der Waals surface area contributed by atoms with Gasteiger partial charge in [0.1, 0.15) is 6.69 Å². The van der Waals surface area contributed by atoms with Crippen LogP contribution in [0.1, 0.15) is 32.6 Å². The Labute approximate surface area is 74.0 Å². The van der Waals surface area contributed by atoms with E-state index >= 15 is 0 Å². The largest absolute Gasteiger partial charge is 0.127 e. The molecule has 0 heterocycles. The maximum absolute atomic E-state index is 3.77. The summed E-state index contributed by atoms with van der Waals surface area (Å²) in [7, 11) is 0. The van der Waals surface area contributed by atoms with Gasteiger partial charge in [0, 0.05) is 0 Å². The predicted molar refractivity (Wildman–Crippen MR) is 55.4 cm³/mol. The van der Waals surface area contributed by atoms with Crippen LogP contribution >= 0.6 is 15.3 Å². The van der Waals surface area contributed by atoms with Crippen molar-refractivity contribution in [3.8, 4) is 0 Å². The Balaban J connectivity index is 3.04. The Hall–Kier alpha value is 0.697. The molecule has 10 heavy (non-hydrogen) atoms. The van der Waals surface area contributed by atoms with E-state index in [-0.39, 0.29) is 0 Å². The average Bonchev–Trinajstić information content (AvgIpc) is 1.78. The minimum absolute atomic E-state index is 0.895. The summed E-state index contributed by atoms with van der Waals surface area (Å²) in [5, 5.41) is 0. The highest BCUT2D eigenvalue weighted by molar-refractivity contribution is 9.26. The summed E-state index contributed by atoms with van der Waals surface area (Å²) >= 11 is 3.77. The maximum atomic E-state index is 3.77. The number of unbranched alkanes of at least 4 members (excludes halogenated alkanes) is 3. The predicted octanol–water partition coefficient (Wildman–Crippen LogP) is 4.17. The van der Waals surface area contributed by atoms with Crippen LogP contribution in [-0.4, -0.2) is 6.69 Å². The minimum Gasteiger partial charge on any atom is -0.127 e. The summed E-state index contributed by atoms with van der Waals surface area (Å²) < 4.78 is 0. The average molecular weight is 223 g/mol. The molecule has 0 aliphatic heterocycles. The molecule has 0 amide bonds. The quantitative estimate of drug-likeness (QED) is 0.373. The van der Waals surface area contributed by atoms with E-state index < -0.39 is 6.69 Å². The van der Waals surface area contributed by atoms with Crippen molar-refractivity contribution in [1.29, 1.82) is 0 Å². The van der Waals surface area contributed by atoms with Gasteiger partial charge in [-0.2, -0.15) is 0 Å². The Kier molecular flexibility index (Phi) is 5.73. The molecular formula is C8H19BrSi. The lowest BCUT2D eigenvalue weighted by atomic mass is 10.2. The molecule has 0 N–H and O–H groups in total. The van der Waals surface area contributed by atoms with Crippen molar-refractivity contribution in [2.75, 3.05) is 0 Å². The van der Waals surface area contributed by atoms with Gasteiger partial charge in [0.15, 0.2) is 0 Å². The second-order valence-corrected chi connectivity index (χ2v) is 13.9. The zero-order valence-corrected chi connectivity index (χ0v) is 10.00. The van der Waals surface area contributed by atoms with Crippen LogP contribution in [0.15, 0.2) is 0 Å². The summed E-state index contributed by atoms with van der Waals surface area (Å²) in [5.74, 6) is 0. The lowest BCUT2D eigenvalue weighted by Crippen LogP contribution is -2.13. The van der Waals surface area contributed by atoms with Crippen molar-refractivity contribution >= 4 is 22.0 Å². The first-order chi connectivity index (χ1) is 4.56. The first kappa shape index (κ1) is 10.7. The van der Waals surface area contributed by atoms with Crippen molar-refractivity contribution < 1.29 is 0 Å². The van der Waals surface area contributed by atoms with Gasteiger partial charge in [-0.1, -0.05) is 45.7 Å². The molecule has 0 rings (SSSR count). The van der Waals surface area contributed by atoms with E-state index in [1.165, 1.54) is 31.7 Å². The fourth-order valence-electron chi connectivity index (χ4n) is 0.972. The van der Waals surface area contributed by atoms with Crippen LogP contribution in [0.5, 0.6) is 0 Å². The number of rotatable bonds is 5. The van der Waals surface area contributed by atoms with E-state index in [2.05, 4.69) is 35.3 Å². The smallest absolute Gasteiger partial charge is 0.124 e. The van der Waals surface area contributed by atoms with E-state index in [0.29, 0.717) is 0 Å². The fourth-order valence-corrected chi connectivity index (χ4v) is 2.90. The van der Waals surface area contributed by atoms with E-state index in [9.17, 15) is 0 Å². The van der Waals surface area contributed by atoms with Crippen LogP contribution in [0, 0.1) is 0 Å². The zero-order chi connectivity index (χ0) is 8.04. The molecule has 0 aliphatic rings. The van der Waals surface area contributed by atoms with Gasteiger partial charge >= 0.3 is 0 Å². The summed E-state index contributed by atoms with van der Waals surface area (Å²) in [6, 6.07) is 1.44. The Bertz CT molecular complexity index is 75.8. The van der Waals surface area contributed by atoms with Gasteiger partial charge in [-0.3, -0.25) is 0 Å². The van der Waals surface area contributed by atoms with E-state index in [1.54, 1.807) is 0 Å². The molecule has 0 radical (unpaired) electrons. The summed E-state index contributed by atoms with van der Waals surface area (Å²) in [4.78, 5) is 0. The van der Waals surface area contributed by atoms with Crippen molar-refractivity contribution in [1.82, 2.24) is 0 Å². The molecule has 0 saturated heterocycles. The normalized spacial score (nSPS) is 12.0. The van der Waals surface area contributed by atoms with Gasteiger partial charge < -0.3 is 0 Å². The minimum atomic E-state index is -0.895. The first-order valence-corrected chi connectivity index (χ1v) is 9.71. The second-order valence-electron chi connectivity index (χ2n) is 3.53. The lowest BCUT2D eigenvalue weighted by Gasteiger charge is -2.11. The standard InChI is InChI=1S/C8H19BrSi/c1-4-5-6-7-8-10(2,3)9/h4-8H2,1-3H3. The topological polar surface area (TPSA) is 0 Å². The molecule has 0 spiro atoms. The molecule has 0 aromatic rings. The number of halogens is 1. The molecule has 0 aromatic carbocycles. The van der Waals surface area contributed by atoms with Crippen molar-refractivity contribution in [3.05, 3.63) is 0 Å². The van der Waals surface area contributed by atoms with Gasteiger partial charge in [0.25, 0.3) is 0 Å². The molecule has 0 fully saturated rings. The second kappa shape index (κ2) is 5.36. The van der Waals surface area contributed by atoms with Gasteiger partial charge in [0.05, 0.1) is 0 Å². The number of hydrogen-bond donors (Lipinski definition) is 0. The summed E-state index contributed by atoms with van der Waals surface area (Å²) in [5.41, 5.74) is 0. The van der Waals surface area contributed by atoms with Gasteiger partial charge in [-0.05, 0) is 6.04 Å². The highest BCUT2D eigenvalue weighted by atomic mass is 79.9. The molecular weight excluding hydrogens is 204 g/mol. The van der Waals surface area contributed by atoms with Crippen LogP contribution in [0.4, 0.5) is 0 Å². The lowest BCUT2D eigenvalue weighted by molar-refractivity contribution is 0.698. The zero-order valence-electron chi connectivity index (χ0n) is 7.41. The molecule has 0 aliphatic carbocycles. The van der Waals surface area contributed by atoms with E-state index in [1.807, 2.05) is 0 Å². The van der Waals surface area contributed by atoms with Crippen LogP contribution in [0.25, 0.3) is 0 Å². The van der Waals surface area contributed by atoms with Crippen molar-refractivity contribution in [2.45, 2.75) is 51.7 Å². The SMILES string of the molecule is CCCCCC[Si](C)(C)Br. The summed E-state index contributed by atoms with van der Waals surface area (Å²) in [6.07, 6.45) is 5.62. The third kappa shape index (κ3) is 8.70. The maximum Gasteiger partial charge on any atom is 0.124 e. The number of hydrogen-bond acceptors (Lipinski definition) is 0. The molecule has 0 saturated carbocycles. The highest BCUT2D eigenvalue weighted by Gasteiger charge is 2.14. The van der Waals surface area contributed by atoms with Crippen LogP contribution in [0.3, 0.4) is 0 Å². The summed E-state index contributed by atoms with van der Waals surface area (Å²) in [6.45, 7) is 6.11. The molecule has 0 unspecified atom stereocenters. The van der Waals surface area contributed by atoms with Crippen molar-refractivity contribution in [3.63, 3.8) is 0 Å². The van der Waals surface area contributed by atoms with Crippen LogP contribution in [-0.2, 0) is 0 Å². The molecule has 0 atom stereocenters. The monoisotopic (exact) mass is 222 g/mol. The van der Waals surface area contributed by atoms with Gasteiger partial charge in [-0.15, -0.1) is 15.3 Å². The van der Waals surface area contributed by atoms with Crippen molar-refractivity contribution in [2.24, 2.45) is 0 Å². The molecule has 2 heteroatoms. The Morgan fingerprint density at radius 1 is 1.10 bits per heavy atom. The Morgan fingerprint density at radius 2 is 1.70 bits per heavy atom. The third-order valence-electron chi connectivity index (χ3n) is 1.62. The van der Waals surface area contributed by atoms with Gasteiger partial charge in [0.2, 0.25) is 0 Å². The van der Waals surface area contributed by atoms with Crippen LogP contribution < -0.4 is 0 Å². The molecule has 62 valence electrons. The third-order valence-corrected chi connectivity index (χ3v) is 4.36.